The van der Waals surface area contributed by atoms with Crippen molar-refractivity contribution in [1.29, 1.82) is 0 Å². The lowest BCUT2D eigenvalue weighted by molar-refractivity contribution is -0.129. The molecule has 1 aromatic carbocycles. The highest BCUT2D eigenvalue weighted by Crippen LogP contribution is 2.22. The minimum atomic E-state index is -1.37. The van der Waals surface area contributed by atoms with Crippen LogP contribution in [0.5, 0.6) is 0 Å². The van der Waals surface area contributed by atoms with Crippen LogP contribution in [0.15, 0.2) is 27.6 Å². The number of nitrogen functional groups attached to an aromatic ring is 1. The molecule has 1 heterocycles. The van der Waals surface area contributed by atoms with Gasteiger partial charge in [-0.05, 0) is 37.5 Å². The smallest absolute Gasteiger partial charge is 0.235 e. The molecule has 1 aromatic rings. The second-order valence-electron chi connectivity index (χ2n) is 4.61. The Hall–Kier alpha value is -0.880. The van der Waals surface area contributed by atoms with Gasteiger partial charge in [0.15, 0.2) is 0 Å². The molecule has 6 heteroatoms. The monoisotopic (exact) mass is 344 g/mol. The van der Waals surface area contributed by atoms with E-state index in [-0.39, 0.29) is 11.7 Å². The van der Waals surface area contributed by atoms with Gasteiger partial charge in [0.05, 0.1) is 15.7 Å². The number of piperidine rings is 1. The zero-order chi connectivity index (χ0) is 13.8. The van der Waals surface area contributed by atoms with Crippen molar-refractivity contribution < 1.29 is 9.00 Å². The molecule has 0 spiro atoms. The predicted molar refractivity (Wildman–Crippen MR) is 80.3 cm³/mol. The number of amides is 1. The van der Waals surface area contributed by atoms with Crippen molar-refractivity contribution in [3.63, 3.8) is 0 Å². The van der Waals surface area contributed by atoms with Gasteiger partial charge in [0, 0.05) is 23.2 Å². The first-order chi connectivity index (χ1) is 9.08. The minimum Gasteiger partial charge on any atom is -0.398 e. The Kier molecular flexibility index (Phi) is 4.99. The van der Waals surface area contributed by atoms with Gasteiger partial charge in [-0.2, -0.15) is 0 Å². The van der Waals surface area contributed by atoms with E-state index < -0.39 is 10.8 Å². The van der Waals surface area contributed by atoms with Crippen molar-refractivity contribution >= 4 is 38.3 Å². The Morgan fingerprint density at radius 2 is 2.00 bits per heavy atom. The van der Waals surface area contributed by atoms with Crippen LogP contribution < -0.4 is 5.73 Å². The van der Waals surface area contributed by atoms with Gasteiger partial charge in [-0.15, -0.1) is 0 Å². The number of halogens is 1. The fourth-order valence-corrected chi connectivity index (χ4v) is 3.63. The number of carbonyl (C=O) groups excluding carboxylic acids is 1. The molecule has 1 aliphatic heterocycles. The molecule has 19 heavy (non-hydrogen) atoms. The normalized spacial score (nSPS) is 17.2. The Labute approximate surface area is 123 Å². The highest BCUT2D eigenvalue weighted by molar-refractivity contribution is 9.10. The summed E-state index contributed by atoms with van der Waals surface area (Å²) in [6.07, 6.45) is 3.25. The molecule has 0 radical (unpaired) electrons. The molecule has 1 atom stereocenters. The van der Waals surface area contributed by atoms with Crippen molar-refractivity contribution in [2.45, 2.75) is 24.2 Å². The van der Waals surface area contributed by atoms with Crippen molar-refractivity contribution in [3.05, 3.63) is 22.7 Å². The number of benzene rings is 1. The second kappa shape index (κ2) is 6.52. The van der Waals surface area contributed by atoms with Gasteiger partial charge >= 0.3 is 0 Å². The molecule has 0 aromatic heterocycles. The lowest BCUT2D eigenvalue weighted by Crippen LogP contribution is -2.38. The van der Waals surface area contributed by atoms with E-state index in [1.807, 2.05) is 0 Å². The average Bonchev–Trinajstić information content (AvgIpc) is 2.39. The van der Waals surface area contributed by atoms with Crippen LogP contribution in [-0.4, -0.2) is 33.9 Å². The Morgan fingerprint density at radius 3 is 2.63 bits per heavy atom. The molecule has 0 saturated carbocycles. The fraction of sp³-hybridized carbons (Fsp3) is 0.462. The largest absolute Gasteiger partial charge is 0.398 e. The van der Waals surface area contributed by atoms with Crippen LogP contribution in [0.3, 0.4) is 0 Å². The molecule has 104 valence electrons. The molecule has 0 aliphatic carbocycles. The molecule has 1 saturated heterocycles. The molecule has 4 nitrogen and oxygen atoms in total. The van der Waals surface area contributed by atoms with Crippen LogP contribution in [0.2, 0.25) is 0 Å². The van der Waals surface area contributed by atoms with E-state index in [1.165, 1.54) is 6.42 Å². The summed E-state index contributed by atoms with van der Waals surface area (Å²) in [6.45, 7) is 1.57. The number of hydrogen-bond acceptors (Lipinski definition) is 3. The fourth-order valence-electron chi connectivity index (χ4n) is 2.15. The van der Waals surface area contributed by atoms with Crippen molar-refractivity contribution in [3.8, 4) is 0 Å². The third-order valence-corrected chi connectivity index (χ3v) is 5.05. The van der Waals surface area contributed by atoms with E-state index >= 15 is 0 Å². The third kappa shape index (κ3) is 3.79. The summed E-state index contributed by atoms with van der Waals surface area (Å²) in [6, 6.07) is 5.20. The Balaban J connectivity index is 2.02. The van der Waals surface area contributed by atoms with Gasteiger partial charge in [-0.3, -0.25) is 9.00 Å². The maximum absolute atomic E-state index is 12.2. The average molecular weight is 345 g/mol. The standard InChI is InChI=1S/C13H17BrN2O2S/c14-10-4-5-12(11(15)8-10)19(18)9-13(17)16-6-2-1-3-7-16/h4-5,8H,1-3,6-7,9,15H2. The summed E-state index contributed by atoms with van der Waals surface area (Å²) in [5, 5.41) is 0. The van der Waals surface area contributed by atoms with Crippen molar-refractivity contribution in [2.24, 2.45) is 0 Å². The number of anilines is 1. The summed E-state index contributed by atoms with van der Waals surface area (Å²) in [4.78, 5) is 14.4. The van der Waals surface area contributed by atoms with E-state index in [1.54, 1.807) is 23.1 Å². The number of likely N-dealkylation sites (tertiary alicyclic amines) is 1. The Morgan fingerprint density at radius 1 is 1.32 bits per heavy atom. The highest BCUT2D eigenvalue weighted by Gasteiger charge is 2.20. The molecule has 0 bridgehead atoms. The molecular weight excluding hydrogens is 328 g/mol. The van der Waals surface area contributed by atoms with Gasteiger partial charge in [0.25, 0.3) is 0 Å². The lowest BCUT2D eigenvalue weighted by Gasteiger charge is -2.26. The topological polar surface area (TPSA) is 63.4 Å². The van der Waals surface area contributed by atoms with E-state index in [9.17, 15) is 9.00 Å². The predicted octanol–water partition coefficient (Wildman–Crippen LogP) is 2.15. The van der Waals surface area contributed by atoms with Crippen LogP contribution in [0, 0.1) is 0 Å². The maximum Gasteiger partial charge on any atom is 0.235 e. The zero-order valence-corrected chi connectivity index (χ0v) is 13.0. The minimum absolute atomic E-state index is 0.0197. The first-order valence-corrected chi connectivity index (χ1v) is 8.40. The van der Waals surface area contributed by atoms with Crippen LogP contribution in [0.25, 0.3) is 0 Å². The van der Waals surface area contributed by atoms with E-state index in [0.717, 1.165) is 30.4 Å². The molecule has 1 fully saturated rings. The second-order valence-corrected chi connectivity index (χ2v) is 6.95. The van der Waals surface area contributed by atoms with Gasteiger partial charge < -0.3 is 10.6 Å². The Bertz CT molecular complexity index is 501. The first-order valence-electron chi connectivity index (χ1n) is 6.29. The quantitative estimate of drug-likeness (QED) is 0.854. The zero-order valence-electron chi connectivity index (χ0n) is 10.6. The van der Waals surface area contributed by atoms with Crippen LogP contribution in [0.1, 0.15) is 19.3 Å². The molecule has 2 rings (SSSR count). The van der Waals surface area contributed by atoms with E-state index in [0.29, 0.717) is 10.6 Å². The SMILES string of the molecule is Nc1cc(Br)ccc1S(=O)CC(=O)N1CCCCC1. The molecular formula is C13H17BrN2O2S. The summed E-state index contributed by atoms with van der Waals surface area (Å²) in [5.74, 6) is -0.0217. The molecule has 1 unspecified atom stereocenters. The first kappa shape index (κ1) is 14.5. The number of nitrogens with two attached hydrogens (primary N) is 1. The lowest BCUT2D eigenvalue weighted by atomic mass is 10.1. The number of carbonyl (C=O) groups is 1. The number of hydrogen-bond donors (Lipinski definition) is 1. The summed E-state index contributed by atoms with van der Waals surface area (Å²) >= 11 is 3.30. The third-order valence-electron chi connectivity index (χ3n) is 3.18. The molecule has 2 N–H and O–H groups in total. The highest BCUT2D eigenvalue weighted by atomic mass is 79.9. The number of rotatable bonds is 3. The van der Waals surface area contributed by atoms with Crippen LogP contribution >= 0.6 is 15.9 Å². The molecule has 1 aliphatic rings. The van der Waals surface area contributed by atoms with Crippen molar-refractivity contribution in [1.82, 2.24) is 4.90 Å². The van der Waals surface area contributed by atoms with Crippen LogP contribution in [0.4, 0.5) is 5.69 Å². The van der Waals surface area contributed by atoms with Crippen molar-refractivity contribution in [2.75, 3.05) is 24.6 Å². The summed E-state index contributed by atoms with van der Waals surface area (Å²) in [7, 11) is -1.37. The number of nitrogens with zero attached hydrogens (tertiary/aromatic N) is 1. The maximum atomic E-state index is 12.2. The van der Waals surface area contributed by atoms with Gasteiger partial charge in [0.1, 0.15) is 5.75 Å². The summed E-state index contributed by atoms with van der Waals surface area (Å²) in [5.41, 5.74) is 6.29. The van der Waals surface area contributed by atoms with Crippen LogP contribution in [-0.2, 0) is 15.6 Å². The van der Waals surface area contributed by atoms with E-state index in [2.05, 4.69) is 15.9 Å². The van der Waals surface area contributed by atoms with Gasteiger partial charge in [-0.1, -0.05) is 15.9 Å². The summed E-state index contributed by atoms with van der Waals surface area (Å²) < 4.78 is 13.0. The van der Waals surface area contributed by atoms with Gasteiger partial charge in [0.2, 0.25) is 5.91 Å². The molecule has 1 amide bonds. The van der Waals surface area contributed by atoms with Gasteiger partial charge in [-0.25, -0.2) is 0 Å². The van der Waals surface area contributed by atoms with E-state index in [4.69, 9.17) is 5.73 Å².